The summed E-state index contributed by atoms with van der Waals surface area (Å²) in [6.45, 7) is 19.5. The summed E-state index contributed by atoms with van der Waals surface area (Å²) in [5.41, 5.74) is 1.50. The standard InChI is InChI=1S/C15H30/c1-9-11(2)10-15(8)12(3)13(4,5)14(15,6)7/h11-12H,9-10H2,1-8H3. The molecule has 3 atom stereocenters. The minimum absolute atomic E-state index is 0.475. The van der Waals surface area contributed by atoms with Crippen molar-refractivity contribution in [2.45, 2.75) is 68.2 Å². The zero-order valence-electron chi connectivity index (χ0n) is 12.1. The van der Waals surface area contributed by atoms with Gasteiger partial charge in [0, 0.05) is 0 Å². The first-order valence-electron chi connectivity index (χ1n) is 6.61. The fourth-order valence-corrected chi connectivity index (χ4v) is 3.84. The van der Waals surface area contributed by atoms with Crippen LogP contribution in [0.25, 0.3) is 0 Å². The van der Waals surface area contributed by atoms with Crippen LogP contribution in [0, 0.1) is 28.1 Å². The summed E-state index contributed by atoms with van der Waals surface area (Å²) in [6, 6.07) is 0. The summed E-state index contributed by atoms with van der Waals surface area (Å²) in [7, 11) is 0. The summed E-state index contributed by atoms with van der Waals surface area (Å²) in [4.78, 5) is 0. The Morgan fingerprint density at radius 2 is 1.53 bits per heavy atom. The third-order valence-corrected chi connectivity index (χ3v) is 6.55. The predicted octanol–water partition coefficient (Wildman–Crippen LogP) is 5.13. The van der Waals surface area contributed by atoms with Crippen molar-refractivity contribution in [3.8, 4) is 0 Å². The maximum Gasteiger partial charge on any atom is -0.0236 e. The molecule has 1 aliphatic carbocycles. The van der Waals surface area contributed by atoms with Gasteiger partial charge in [0.2, 0.25) is 0 Å². The van der Waals surface area contributed by atoms with E-state index >= 15 is 0 Å². The SMILES string of the molecule is CCC(C)CC1(C)C(C)C(C)(C)C1(C)C. The quantitative estimate of drug-likeness (QED) is 0.605. The molecule has 0 amide bonds. The average molecular weight is 210 g/mol. The molecule has 0 aromatic heterocycles. The largest absolute Gasteiger partial charge is 0.0651 e. The highest BCUT2D eigenvalue weighted by Crippen LogP contribution is 2.72. The molecule has 0 heterocycles. The predicted molar refractivity (Wildman–Crippen MR) is 68.9 cm³/mol. The molecule has 15 heavy (non-hydrogen) atoms. The first-order chi connectivity index (χ1) is 6.61. The molecule has 1 rings (SSSR count). The fourth-order valence-electron chi connectivity index (χ4n) is 3.84. The van der Waals surface area contributed by atoms with Crippen molar-refractivity contribution in [3.05, 3.63) is 0 Å². The first-order valence-corrected chi connectivity index (χ1v) is 6.61. The maximum absolute atomic E-state index is 2.51. The second-order valence-corrected chi connectivity index (χ2v) is 7.20. The molecule has 0 aromatic rings. The normalized spacial score (nSPS) is 39.6. The Morgan fingerprint density at radius 1 is 1.07 bits per heavy atom. The van der Waals surface area contributed by atoms with E-state index in [0.29, 0.717) is 16.2 Å². The lowest BCUT2D eigenvalue weighted by Crippen LogP contribution is -2.65. The summed E-state index contributed by atoms with van der Waals surface area (Å²) >= 11 is 0. The van der Waals surface area contributed by atoms with Crippen molar-refractivity contribution in [2.24, 2.45) is 28.1 Å². The van der Waals surface area contributed by atoms with Gasteiger partial charge in [0.05, 0.1) is 0 Å². The second kappa shape index (κ2) is 3.50. The van der Waals surface area contributed by atoms with E-state index in [1.165, 1.54) is 12.8 Å². The van der Waals surface area contributed by atoms with Crippen LogP contribution in [0.4, 0.5) is 0 Å². The van der Waals surface area contributed by atoms with E-state index in [0.717, 1.165) is 11.8 Å². The Morgan fingerprint density at radius 3 is 1.87 bits per heavy atom. The zero-order valence-corrected chi connectivity index (χ0v) is 12.1. The van der Waals surface area contributed by atoms with E-state index in [-0.39, 0.29) is 0 Å². The highest BCUT2D eigenvalue weighted by atomic mass is 14.7. The molecular formula is C15H30. The van der Waals surface area contributed by atoms with Crippen molar-refractivity contribution >= 4 is 0 Å². The van der Waals surface area contributed by atoms with E-state index in [9.17, 15) is 0 Å². The molecule has 90 valence electrons. The fraction of sp³-hybridized carbons (Fsp3) is 1.00. The van der Waals surface area contributed by atoms with Crippen LogP contribution >= 0.6 is 0 Å². The van der Waals surface area contributed by atoms with Gasteiger partial charge in [-0.25, -0.2) is 0 Å². The van der Waals surface area contributed by atoms with Crippen LogP contribution in [0.15, 0.2) is 0 Å². The van der Waals surface area contributed by atoms with Gasteiger partial charge in [-0.15, -0.1) is 0 Å². The Labute approximate surface area is 96.8 Å². The van der Waals surface area contributed by atoms with Crippen LogP contribution in [0.5, 0.6) is 0 Å². The third kappa shape index (κ3) is 1.47. The molecular weight excluding hydrogens is 180 g/mol. The van der Waals surface area contributed by atoms with Crippen molar-refractivity contribution in [2.75, 3.05) is 0 Å². The molecule has 0 N–H and O–H groups in total. The Hall–Kier alpha value is 0. The van der Waals surface area contributed by atoms with E-state index in [2.05, 4.69) is 55.4 Å². The van der Waals surface area contributed by atoms with Gasteiger partial charge in [-0.05, 0) is 34.5 Å². The van der Waals surface area contributed by atoms with Gasteiger partial charge in [0.25, 0.3) is 0 Å². The molecule has 0 aliphatic heterocycles. The van der Waals surface area contributed by atoms with Crippen LogP contribution in [0.2, 0.25) is 0 Å². The minimum Gasteiger partial charge on any atom is -0.0651 e. The summed E-state index contributed by atoms with van der Waals surface area (Å²) in [5, 5.41) is 0. The lowest BCUT2D eigenvalue weighted by molar-refractivity contribution is -0.237. The van der Waals surface area contributed by atoms with E-state index in [1.54, 1.807) is 0 Å². The molecule has 0 radical (unpaired) electrons. The highest BCUT2D eigenvalue weighted by molar-refractivity contribution is 5.14. The molecule has 1 aliphatic rings. The van der Waals surface area contributed by atoms with E-state index in [4.69, 9.17) is 0 Å². The van der Waals surface area contributed by atoms with Gasteiger partial charge >= 0.3 is 0 Å². The van der Waals surface area contributed by atoms with E-state index in [1.807, 2.05) is 0 Å². The van der Waals surface area contributed by atoms with Crippen LogP contribution in [0.3, 0.4) is 0 Å². The van der Waals surface area contributed by atoms with Crippen molar-refractivity contribution < 1.29 is 0 Å². The Bertz CT molecular complexity index is 236. The monoisotopic (exact) mass is 210 g/mol. The molecule has 0 saturated heterocycles. The van der Waals surface area contributed by atoms with Crippen LogP contribution in [-0.4, -0.2) is 0 Å². The summed E-state index contributed by atoms with van der Waals surface area (Å²) in [5.74, 6) is 1.71. The molecule has 0 heteroatoms. The van der Waals surface area contributed by atoms with Crippen LogP contribution in [-0.2, 0) is 0 Å². The van der Waals surface area contributed by atoms with Gasteiger partial charge in [0.15, 0.2) is 0 Å². The van der Waals surface area contributed by atoms with E-state index < -0.39 is 0 Å². The molecule has 1 saturated carbocycles. The molecule has 0 bridgehead atoms. The topological polar surface area (TPSA) is 0 Å². The van der Waals surface area contributed by atoms with Gasteiger partial charge in [0.1, 0.15) is 0 Å². The molecule has 0 aromatic carbocycles. The Balaban J connectivity index is 2.87. The summed E-state index contributed by atoms with van der Waals surface area (Å²) in [6.07, 6.45) is 2.71. The van der Waals surface area contributed by atoms with Crippen LogP contribution < -0.4 is 0 Å². The minimum atomic E-state index is 0.475. The van der Waals surface area contributed by atoms with Crippen molar-refractivity contribution in [1.29, 1.82) is 0 Å². The van der Waals surface area contributed by atoms with Gasteiger partial charge in [-0.3, -0.25) is 0 Å². The number of hydrogen-bond acceptors (Lipinski definition) is 0. The smallest absolute Gasteiger partial charge is 0.0236 e. The zero-order chi connectivity index (χ0) is 12.1. The lowest BCUT2D eigenvalue weighted by atomic mass is 9.33. The molecule has 1 fully saturated rings. The van der Waals surface area contributed by atoms with Gasteiger partial charge < -0.3 is 0 Å². The number of rotatable bonds is 3. The third-order valence-electron chi connectivity index (χ3n) is 6.55. The lowest BCUT2D eigenvalue weighted by Gasteiger charge is -2.72. The van der Waals surface area contributed by atoms with Crippen LogP contribution in [0.1, 0.15) is 68.2 Å². The van der Waals surface area contributed by atoms with Gasteiger partial charge in [-0.1, -0.05) is 61.8 Å². The highest BCUT2D eigenvalue weighted by Gasteiger charge is 2.66. The van der Waals surface area contributed by atoms with Crippen molar-refractivity contribution in [1.82, 2.24) is 0 Å². The Kier molecular flexibility index (Phi) is 3.05. The van der Waals surface area contributed by atoms with Gasteiger partial charge in [-0.2, -0.15) is 0 Å². The van der Waals surface area contributed by atoms with Crippen molar-refractivity contribution in [3.63, 3.8) is 0 Å². The second-order valence-electron chi connectivity index (χ2n) is 7.20. The molecule has 3 unspecified atom stereocenters. The number of hydrogen-bond donors (Lipinski definition) is 0. The maximum atomic E-state index is 2.51. The first kappa shape index (κ1) is 13.1. The average Bonchev–Trinajstić information content (AvgIpc) is 2.15. The summed E-state index contributed by atoms with van der Waals surface area (Å²) < 4.78 is 0. The molecule has 0 spiro atoms. The molecule has 0 nitrogen and oxygen atoms in total.